The molecule has 0 unspecified atom stereocenters. The summed E-state index contributed by atoms with van der Waals surface area (Å²) in [6.07, 6.45) is 1.16. The Labute approximate surface area is 52.0 Å². The second-order valence-electron chi connectivity index (χ2n) is 2.29. The maximum atomic E-state index is 5.02. The first-order valence-electron chi connectivity index (χ1n) is 3.16. The van der Waals surface area contributed by atoms with Gasteiger partial charge in [-0.3, -0.25) is 0 Å². The molecule has 0 spiro atoms. The molecule has 0 aromatic carbocycles. The fourth-order valence-electron chi connectivity index (χ4n) is 0.422. The van der Waals surface area contributed by atoms with Crippen molar-refractivity contribution in [1.29, 1.82) is 0 Å². The molecule has 0 atom stereocenters. The largest absolute Gasteiger partial charge is 0.376 e. The Morgan fingerprint density at radius 2 is 2.12 bits per heavy atom. The van der Waals surface area contributed by atoms with Gasteiger partial charge in [-0.1, -0.05) is 13.8 Å². The SMILES string of the molecule is C[CH]OCCC(C)C. The van der Waals surface area contributed by atoms with Gasteiger partial charge in [0.1, 0.15) is 0 Å². The third-order valence-corrected chi connectivity index (χ3v) is 0.980. The molecule has 0 fully saturated rings. The molecule has 0 aromatic heterocycles. The third-order valence-electron chi connectivity index (χ3n) is 0.980. The number of hydrogen-bond acceptors (Lipinski definition) is 1. The first-order valence-corrected chi connectivity index (χ1v) is 3.16. The molecule has 0 aliphatic heterocycles. The zero-order valence-corrected chi connectivity index (χ0v) is 5.98. The second kappa shape index (κ2) is 5.10. The minimum absolute atomic E-state index is 0.759. The lowest BCUT2D eigenvalue weighted by atomic mass is 10.1. The van der Waals surface area contributed by atoms with Gasteiger partial charge in [0.25, 0.3) is 0 Å². The van der Waals surface area contributed by atoms with E-state index in [0.29, 0.717) is 0 Å². The summed E-state index contributed by atoms with van der Waals surface area (Å²) in [6, 6.07) is 0. The van der Waals surface area contributed by atoms with Crippen LogP contribution in [0, 0.1) is 12.5 Å². The third kappa shape index (κ3) is 5.96. The summed E-state index contributed by atoms with van der Waals surface area (Å²) < 4.78 is 5.02. The van der Waals surface area contributed by atoms with Crippen molar-refractivity contribution in [1.82, 2.24) is 0 Å². The van der Waals surface area contributed by atoms with Gasteiger partial charge in [-0.05, 0) is 19.3 Å². The van der Waals surface area contributed by atoms with Crippen LogP contribution in [0.25, 0.3) is 0 Å². The van der Waals surface area contributed by atoms with Crippen LogP contribution in [0.4, 0.5) is 0 Å². The fourth-order valence-corrected chi connectivity index (χ4v) is 0.422. The Morgan fingerprint density at radius 1 is 1.50 bits per heavy atom. The minimum Gasteiger partial charge on any atom is -0.376 e. The van der Waals surface area contributed by atoms with Crippen LogP contribution in [-0.2, 0) is 4.74 Å². The molecule has 0 rings (SSSR count). The average molecular weight is 115 g/mol. The summed E-state index contributed by atoms with van der Waals surface area (Å²) >= 11 is 0. The van der Waals surface area contributed by atoms with Crippen molar-refractivity contribution < 1.29 is 4.74 Å². The van der Waals surface area contributed by atoms with Crippen LogP contribution in [-0.4, -0.2) is 6.61 Å². The molecule has 0 aromatic rings. The van der Waals surface area contributed by atoms with E-state index < -0.39 is 0 Å². The lowest BCUT2D eigenvalue weighted by Gasteiger charge is -2.01. The van der Waals surface area contributed by atoms with Crippen LogP contribution in [0.1, 0.15) is 27.2 Å². The first kappa shape index (κ1) is 7.96. The lowest BCUT2D eigenvalue weighted by molar-refractivity contribution is 0.188. The van der Waals surface area contributed by atoms with Crippen LogP contribution in [0.3, 0.4) is 0 Å². The average Bonchev–Trinajstić information content (AvgIpc) is 1.66. The van der Waals surface area contributed by atoms with Crippen LogP contribution in [0.2, 0.25) is 0 Å². The maximum Gasteiger partial charge on any atom is 0.0805 e. The van der Waals surface area contributed by atoms with E-state index in [2.05, 4.69) is 13.8 Å². The van der Waals surface area contributed by atoms with Crippen LogP contribution in [0.5, 0.6) is 0 Å². The molecule has 1 radical (unpaired) electrons. The molecule has 8 heavy (non-hydrogen) atoms. The predicted octanol–water partition coefficient (Wildman–Crippen LogP) is 2.23. The van der Waals surface area contributed by atoms with E-state index in [0.717, 1.165) is 18.9 Å². The standard InChI is InChI=1S/C7H15O/c1-4-8-6-5-7(2)3/h4,7H,5-6H2,1-3H3. The Kier molecular flexibility index (Phi) is 5.08. The summed E-state index contributed by atoms with van der Waals surface area (Å²) in [6.45, 7) is 8.90. The molecule has 1 nitrogen and oxygen atoms in total. The first-order chi connectivity index (χ1) is 3.77. The zero-order valence-electron chi connectivity index (χ0n) is 5.98. The van der Waals surface area contributed by atoms with Gasteiger partial charge < -0.3 is 4.74 Å². The van der Waals surface area contributed by atoms with Crippen LogP contribution >= 0.6 is 0 Å². The van der Waals surface area contributed by atoms with Crippen molar-refractivity contribution in [2.75, 3.05) is 6.61 Å². The van der Waals surface area contributed by atoms with Gasteiger partial charge in [0.05, 0.1) is 6.61 Å². The zero-order chi connectivity index (χ0) is 6.41. The summed E-state index contributed by atoms with van der Waals surface area (Å²) in [4.78, 5) is 0. The summed E-state index contributed by atoms with van der Waals surface area (Å²) in [5.41, 5.74) is 0. The van der Waals surface area contributed by atoms with Gasteiger partial charge in [-0.2, -0.15) is 0 Å². The maximum absolute atomic E-state index is 5.02. The highest BCUT2D eigenvalue weighted by Gasteiger charge is 1.90. The Bertz CT molecular complexity index is 41.7. The molecule has 0 bridgehead atoms. The van der Waals surface area contributed by atoms with E-state index in [4.69, 9.17) is 4.74 Å². The monoisotopic (exact) mass is 115 g/mol. The van der Waals surface area contributed by atoms with Gasteiger partial charge in [0.15, 0.2) is 0 Å². The molecular weight excluding hydrogens is 100 g/mol. The molecule has 0 amide bonds. The number of hydrogen-bond donors (Lipinski definition) is 0. The molecular formula is C7H15O. The van der Waals surface area contributed by atoms with Crippen molar-refractivity contribution in [3.8, 4) is 0 Å². The molecule has 49 valence electrons. The molecule has 0 heterocycles. The highest BCUT2D eigenvalue weighted by atomic mass is 16.5. The highest BCUT2D eigenvalue weighted by Crippen LogP contribution is 1.98. The molecule has 0 aliphatic carbocycles. The van der Waals surface area contributed by atoms with E-state index >= 15 is 0 Å². The van der Waals surface area contributed by atoms with Crippen molar-refractivity contribution in [2.45, 2.75) is 27.2 Å². The minimum atomic E-state index is 0.759. The highest BCUT2D eigenvalue weighted by molar-refractivity contribution is 4.43. The normalized spacial score (nSPS) is 10.5. The molecule has 0 saturated heterocycles. The molecule has 0 N–H and O–H groups in total. The van der Waals surface area contributed by atoms with E-state index in [-0.39, 0.29) is 0 Å². The molecule has 1 heteroatoms. The van der Waals surface area contributed by atoms with Crippen LogP contribution in [0.15, 0.2) is 0 Å². The van der Waals surface area contributed by atoms with Crippen molar-refractivity contribution >= 4 is 0 Å². The Balaban J connectivity index is 2.72. The van der Waals surface area contributed by atoms with E-state index in [1.165, 1.54) is 0 Å². The van der Waals surface area contributed by atoms with E-state index in [1.54, 1.807) is 6.61 Å². The van der Waals surface area contributed by atoms with E-state index in [1.807, 2.05) is 6.92 Å². The van der Waals surface area contributed by atoms with Gasteiger partial charge in [0.2, 0.25) is 0 Å². The Hall–Kier alpha value is -0.0400. The number of rotatable bonds is 4. The van der Waals surface area contributed by atoms with Crippen molar-refractivity contribution in [2.24, 2.45) is 5.92 Å². The van der Waals surface area contributed by atoms with Gasteiger partial charge in [-0.25, -0.2) is 0 Å². The van der Waals surface area contributed by atoms with Gasteiger partial charge in [-0.15, -0.1) is 0 Å². The van der Waals surface area contributed by atoms with Crippen molar-refractivity contribution in [3.05, 3.63) is 6.61 Å². The topological polar surface area (TPSA) is 9.23 Å². The summed E-state index contributed by atoms with van der Waals surface area (Å²) in [5, 5.41) is 0. The Morgan fingerprint density at radius 3 is 2.50 bits per heavy atom. The second-order valence-corrected chi connectivity index (χ2v) is 2.29. The van der Waals surface area contributed by atoms with Gasteiger partial charge in [0, 0.05) is 6.61 Å². The van der Waals surface area contributed by atoms with E-state index in [9.17, 15) is 0 Å². The smallest absolute Gasteiger partial charge is 0.0805 e. The quantitative estimate of drug-likeness (QED) is 0.510. The fraction of sp³-hybridized carbons (Fsp3) is 0.857. The summed E-state index contributed by atoms with van der Waals surface area (Å²) in [7, 11) is 0. The molecule has 0 saturated carbocycles. The van der Waals surface area contributed by atoms with Gasteiger partial charge >= 0.3 is 0 Å². The van der Waals surface area contributed by atoms with Crippen molar-refractivity contribution in [3.63, 3.8) is 0 Å². The molecule has 0 aliphatic rings. The predicted molar refractivity (Wildman–Crippen MR) is 35.4 cm³/mol. The summed E-state index contributed by atoms with van der Waals surface area (Å²) in [5.74, 6) is 0.759. The number of ether oxygens (including phenoxy) is 1. The van der Waals surface area contributed by atoms with Crippen LogP contribution < -0.4 is 0 Å². The lowest BCUT2D eigenvalue weighted by Crippen LogP contribution is -1.94.